The summed E-state index contributed by atoms with van der Waals surface area (Å²) < 4.78 is 38.6. The second-order valence-corrected chi connectivity index (χ2v) is 8.06. The summed E-state index contributed by atoms with van der Waals surface area (Å²) in [6.45, 7) is 2.43. The summed E-state index contributed by atoms with van der Waals surface area (Å²) in [6, 6.07) is 3.32. The fourth-order valence-corrected chi connectivity index (χ4v) is 5.84. The molecule has 0 aromatic heterocycles. The van der Waals surface area contributed by atoms with Crippen LogP contribution in [0.3, 0.4) is 0 Å². The van der Waals surface area contributed by atoms with Crippen molar-refractivity contribution < 1.29 is 17.9 Å². The van der Waals surface area contributed by atoms with Crippen LogP contribution in [0.1, 0.15) is 37.7 Å². The molecule has 5 nitrogen and oxygen atoms in total. The molecule has 1 spiro atoms. The van der Waals surface area contributed by atoms with E-state index in [0.717, 1.165) is 32.1 Å². The third-order valence-corrected chi connectivity index (χ3v) is 7.21. The smallest absolute Gasteiger partial charge is 0.243 e. The van der Waals surface area contributed by atoms with Gasteiger partial charge in [0.15, 0.2) is 11.5 Å². The van der Waals surface area contributed by atoms with Crippen LogP contribution in [0, 0.1) is 6.92 Å². The molecule has 1 saturated carbocycles. The average Bonchev–Trinajstić information content (AvgIpc) is 2.92. The second kappa shape index (κ2) is 5.42. The SMILES string of the molecule is COc1cc(C)c(S(=O)(=O)N2CCCC23CCC3)cc1OC. The van der Waals surface area contributed by atoms with Gasteiger partial charge in [0.05, 0.1) is 19.1 Å². The Labute approximate surface area is 132 Å². The van der Waals surface area contributed by atoms with Gasteiger partial charge in [-0.1, -0.05) is 0 Å². The highest BCUT2D eigenvalue weighted by Crippen LogP contribution is 2.48. The van der Waals surface area contributed by atoms with Crippen LogP contribution >= 0.6 is 0 Å². The maximum Gasteiger partial charge on any atom is 0.243 e. The molecule has 3 rings (SSSR count). The van der Waals surface area contributed by atoms with Crippen LogP contribution in [0.15, 0.2) is 17.0 Å². The van der Waals surface area contributed by atoms with Crippen LogP contribution in [0.4, 0.5) is 0 Å². The van der Waals surface area contributed by atoms with E-state index in [0.29, 0.717) is 28.5 Å². The van der Waals surface area contributed by atoms with Gasteiger partial charge in [0, 0.05) is 18.2 Å². The Morgan fingerprint density at radius 2 is 1.64 bits per heavy atom. The van der Waals surface area contributed by atoms with Gasteiger partial charge in [0.1, 0.15) is 0 Å². The molecule has 0 unspecified atom stereocenters. The van der Waals surface area contributed by atoms with E-state index in [-0.39, 0.29) is 5.54 Å². The van der Waals surface area contributed by atoms with Gasteiger partial charge >= 0.3 is 0 Å². The molecule has 0 radical (unpaired) electrons. The van der Waals surface area contributed by atoms with Gasteiger partial charge in [-0.15, -0.1) is 0 Å². The minimum absolute atomic E-state index is 0.127. The van der Waals surface area contributed by atoms with Crippen LogP contribution in [-0.4, -0.2) is 39.0 Å². The first kappa shape index (κ1) is 15.6. The molecule has 1 saturated heterocycles. The first-order valence-corrected chi connectivity index (χ1v) is 9.14. The lowest BCUT2D eigenvalue weighted by Gasteiger charge is -2.45. The highest BCUT2D eigenvalue weighted by atomic mass is 32.2. The fraction of sp³-hybridized carbons (Fsp3) is 0.625. The highest BCUT2D eigenvalue weighted by molar-refractivity contribution is 7.89. The lowest BCUT2D eigenvalue weighted by Crippen LogP contribution is -2.51. The highest BCUT2D eigenvalue weighted by Gasteiger charge is 2.51. The first-order chi connectivity index (χ1) is 10.4. The van der Waals surface area contributed by atoms with Crippen molar-refractivity contribution in [3.05, 3.63) is 17.7 Å². The van der Waals surface area contributed by atoms with Gasteiger partial charge < -0.3 is 9.47 Å². The van der Waals surface area contributed by atoms with Gasteiger partial charge in [-0.3, -0.25) is 0 Å². The van der Waals surface area contributed by atoms with Gasteiger partial charge in [-0.05, 0) is 50.7 Å². The molecule has 2 aliphatic rings. The van der Waals surface area contributed by atoms with Crippen LogP contribution in [0.2, 0.25) is 0 Å². The van der Waals surface area contributed by atoms with Crippen LogP contribution < -0.4 is 9.47 Å². The topological polar surface area (TPSA) is 55.8 Å². The molecule has 1 aliphatic heterocycles. The van der Waals surface area contributed by atoms with Crippen molar-refractivity contribution in [2.24, 2.45) is 0 Å². The monoisotopic (exact) mass is 325 g/mol. The minimum Gasteiger partial charge on any atom is -0.493 e. The molecule has 2 fully saturated rings. The standard InChI is InChI=1S/C16H23NO4S/c1-12-10-13(20-2)14(21-3)11-15(12)22(18,19)17-9-5-8-16(17)6-4-7-16/h10-11H,4-9H2,1-3H3. The molecule has 1 aromatic rings. The van der Waals surface area contributed by atoms with E-state index in [4.69, 9.17) is 9.47 Å². The van der Waals surface area contributed by atoms with E-state index >= 15 is 0 Å². The lowest BCUT2D eigenvalue weighted by molar-refractivity contribution is 0.128. The van der Waals surface area contributed by atoms with Crippen LogP contribution in [0.25, 0.3) is 0 Å². The molecule has 1 aromatic carbocycles. The first-order valence-electron chi connectivity index (χ1n) is 7.70. The lowest BCUT2D eigenvalue weighted by atomic mass is 9.76. The van der Waals surface area contributed by atoms with Crippen molar-refractivity contribution in [1.29, 1.82) is 0 Å². The molecule has 1 aliphatic carbocycles. The Kier molecular flexibility index (Phi) is 3.85. The van der Waals surface area contributed by atoms with E-state index in [1.54, 1.807) is 30.5 Å². The van der Waals surface area contributed by atoms with Crippen molar-refractivity contribution in [2.45, 2.75) is 49.5 Å². The molecule has 22 heavy (non-hydrogen) atoms. The number of hydrogen-bond donors (Lipinski definition) is 0. The van der Waals surface area contributed by atoms with Gasteiger partial charge in [-0.25, -0.2) is 8.42 Å². The largest absolute Gasteiger partial charge is 0.493 e. The summed E-state index contributed by atoms with van der Waals surface area (Å²) in [5.74, 6) is 1.01. The zero-order valence-corrected chi connectivity index (χ0v) is 14.2. The summed E-state index contributed by atoms with van der Waals surface area (Å²) in [5.41, 5.74) is 0.567. The van der Waals surface area contributed by atoms with E-state index in [9.17, 15) is 8.42 Å². The summed E-state index contributed by atoms with van der Waals surface area (Å²) in [6.07, 6.45) is 5.03. The molecule has 0 atom stereocenters. The molecule has 122 valence electrons. The molecule has 6 heteroatoms. The summed E-state index contributed by atoms with van der Waals surface area (Å²) in [5, 5.41) is 0. The second-order valence-electron chi connectivity index (χ2n) is 6.23. The zero-order chi connectivity index (χ0) is 16.0. The number of rotatable bonds is 4. The van der Waals surface area contributed by atoms with E-state index < -0.39 is 10.0 Å². The van der Waals surface area contributed by atoms with E-state index in [1.165, 1.54) is 7.11 Å². The predicted octanol–water partition coefficient (Wildman–Crippen LogP) is 2.72. The quantitative estimate of drug-likeness (QED) is 0.854. The van der Waals surface area contributed by atoms with Crippen molar-refractivity contribution in [2.75, 3.05) is 20.8 Å². The van der Waals surface area contributed by atoms with Crippen molar-refractivity contribution in [3.8, 4) is 11.5 Å². The maximum atomic E-state index is 13.2. The summed E-state index contributed by atoms with van der Waals surface area (Å²) in [7, 11) is -0.426. The number of aryl methyl sites for hydroxylation is 1. The Bertz CT molecular complexity index is 680. The number of methoxy groups -OCH3 is 2. The molecule has 0 bridgehead atoms. The van der Waals surface area contributed by atoms with Crippen molar-refractivity contribution >= 4 is 10.0 Å². The summed E-state index contributed by atoms with van der Waals surface area (Å²) >= 11 is 0. The van der Waals surface area contributed by atoms with E-state index in [1.807, 2.05) is 0 Å². The molecule has 1 heterocycles. The average molecular weight is 325 g/mol. The van der Waals surface area contributed by atoms with Crippen molar-refractivity contribution in [3.63, 3.8) is 0 Å². The Morgan fingerprint density at radius 3 is 2.18 bits per heavy atom. The number of nitrogens with zero attached hydrogens (tertiary/aromatic N) is 1. The Hall–Kier alpha value is -1.27. The molecule has 0 N–H and O–H groups in total. The molecular formula is C16H23NO4S. The summed E-state index contributed by atoms with van der Waals surface area (Å²) in [4.78, 5) is 0.332. The van der Waals surface area contributed by atoms with Gasteiger partial charge in [-0.2, -0.15) is 4.31 Å². The van der Waals surface area contributed by atoms with E-state index in [2.05, 4.69) is 0 Å². The minimum atomic E-state index is -3.50. The Morgan fingerprint density at radius 1 is 1.05 bits per heavy atom. The normalized spacial score (nSPS) is 20.9. The van der Waals surface area contributed by atoms with Crippen LogP contribution in [0.5, 0.6) is 11.5 Å². The van der Waals surface area contributed by atoms with Crippen molar-refractivity contribution in [1.82, 2.24) is 4.31 Å². The number of hydrogen-bond acceptors (Lipinski definition) is 4. The van der Waals surface area contributed by atoms with Gasteiger partial charge in [0.25, 0.3) is 0 Å². The number of benzene rings is 1. The Balaban J connectivity index is 2.06. The molecular weight excluding hydrogens is 302 g/mol. The van der Waals surface area contributed by atoms with Crippen LogP contribution in [-0.2, 0) is 10.0 Å². The predicted molar refractivity (Wildman–Crippen MR) is 84.0 cm³/mol. The maximum absolute atomic E-state index is 13.2. The third kappa shape index (κ3) is 2.20. The zero-order valence-electron chi connectivity index (χ0n) is 13.4. The number of sulfonamides is 1. The van der Waals surface area contributed by atoms with Gasteiger partial charge in [0.2, 0.25) is 10.0 Å². The third-order valence-electron chi connectivity index (χ3n) is 5.07. The fourth-order valence-electron chi connectivity index (χ4n) is 3.73. The number of ether oxygens (including phenoxy) is 2. The molecule has 0 amide bonds.